The van der Waals surface area contributed by atoms with Crippen LogP contribution in [0.4, 0.5) is 5.00 Å². The maximum atomic E-state index is 12.8. The number of nitrogens with zero attached hydrogens (tertiary/aromatic N) is 3. The summed E-state index contributed by atoms with van der Waals surface area (Å²) in [5.74, 6) is -0.0941. The Morgan fingerprint density at radius 3 is 2.89 bits per heavy atom. The van der Waals surface area contributed by atoms with Crippen LogP contribution in [0.15, 0.2) is 9.95 Å². The first-order valence-corrected chi connectivity index (χ1v) is 11.5. The van der Waals surface area contributed by atoms with Crippen LogP contribution >= 0.6 is 34.4 Å². The third kappa shape index (κ3) is 3.15. The third-order valence-electron chi connectivity index (χ3n) is 4.99. The van der Waals surface area contributed by atoms with Gasteiger partial charge in [-0.3, -0.25) is 14.2 Å². The zero-order valence-electron chi connectivity index (χ0n) is 15.7. The first kappa shape index (κ1) is 19.2. The quantitative estimate of drug-likeness (QED) is 0.503. The van der Waals surface area contributed by atoms with Gasteiger partial charge < -0.3 is 5.32 Å². The van der Waals surface area contributed by atoms with E-state index < -0.39 is 0 Å². The molecule has 1 aliphatic carbocycles. The molecule has 9 heteroatoms. The first-order chi connectivity index (χ1) is 13.4. The Labute approximate surface area is 174 Å². The van der Waals surface area contributed by atoms with Gasteiger partial charge >= 0.3 is 0 Å². The van der Waals surface area contributed by atoms with Gasteiger partial charge in [-0.15, -0.1) is 22.7 Å². The lowest BCUT2D eigenvalue weighted by molar-refractivity contribution is -0.113. The Bertz CT molecular complexity index is 1210. The molecular formula is C19H18N4O2S3. The Morgan fingerprint density at radius 1 is 1.36 bits per heavy atom. The number of nitrogens with one attached hydrogen (secondary N) is 1. The minimum Gasteiger partial charge on any atom is -0.316 e. The second-order valence-electron chi connectivity index (χ2n) is 6.73. The molecule has 3 aromatic heterocycles. The minimum atomic E-state index is -0.217. The molecular weight excluding hydrogens is 412 g/mol. The molecule has 1 aliphatic rings. The molecule has 28 heavy (non-hydrogen) atoms. The molecule has 3 heterocycles. The van der Waals surface area contributed by atoms with E-state index in [0.29, 0.717) is 15.7 Å². The number of anilines is 1. The van der Waals surface area contributed by atoms with E-state index in [1.54, 1.807) is 18.4 Å². The van der Waals surface area contributed by atoms with Crippen LogP contribution in [-0.2, 0) is 24.7 Å². The van der Waals surface area contributed by atoms with Crippen molar-refractivity contribution in [3.05, 3.63) is 36.8 Å². The van der Waals surface area contributed by atoms with Gasteiger partial charge in [-0.2, -0.15) is 5.26 Å². The van der Waals surface area contributed by atoms with Crippen LogP contribution in [0.25, 0.3) is 10.2 Å². The Morgan fingerprint density at radius 2 is 2.14 bits per heavy atom. The highest BCUT2D eigenvalue weighted by molar-refractivity contribution is 7.99. The summed E-state index contributed by atoms with van der Waals surface area (Å²) < 4.78 is 1.53. The van der Waals surface area contributed by atoms with Crippen molar-refractivity contribution in [2.24, 2.45) is 7.05 Å². The van der Waals surface area contributed by atoms with Gasteiger partial charge in [0.25, 0.3) is 5.56 Å². The molecule has 144 valence electrons. The number of carbonyl (C=O) groups excluding carboxylic acids is 1. The molecule has 0 bridgehead atoms. The van der Waals surface area contributed by atoms with E-state index in [1.807, 2.05) is 13.8 Å². The monoisotopic (exact) mass is 430 g/mol. The number of thiophene rings is 2. The molecule has 0 unspecified atom stereocenters. The van der Waals surface area contributed by atoms with E-state index in [0.717, 1.165) is 45.5 Å². The largest absolute Gasteiger partial charge is 0.316 e. The summed E-state index contributed by atoms with van der Waals surface area (Å²) in [4.78, 5) is 32.9. The van der Waals surface area contributed by atoms with Crippen LogP contribution in [0.5, 0.6) is 0 Å². The summed E-state index contributed by atoms with van der Waals surface area (Å²) in [7, 11) is 1.70. The zero-order valence-corrected chi connectivity index (χ0v) is 18.2. The molecule has 0 aromatic carbocycles. The van der Waals surface area contributed by atoms with Crippen molar-refractivity contribution >= 4 is 55.6 Å². The molecule has 6 nitrogen and oxygen atoms in total. The van der Waals surface area contributed by atoms with Crippen LogP contribution in [0.3, 0.4) is 0 Å². The van der Waals surface area contributed by atoms with Gasteiger partial charge in [0.1, 0.15) is 15.9 Å². The molecule has 1 amide bonds. The average Bonchev–Trinajstić information content (AvgIpc) is 3.31. The Balaban J connectivity index is 1.54. The number of rotatable bonds is 4. The van der Waals surface area contributed by atoms with Crippen molar-refractivity contribution in [2.75, 3.05) is 11.1 Å². The molecule has 0 saturated heterocycles. The van der Waals surface area contributed by atoms with Crippen LogP contribution < -0.4 is 10.9 Å². The van der Waals surface area contributed by atoms with Crippen LogP contribution in [0, 0.1) is 25.2 Å². The fourth-order valence-electron chi connectivity index (χ4n) is 3.38. The van der Waals surface area contributed by atoms with Gasteiger partial charge in [-0.05, 0) is 44.2 Å². The van der Waals surface area contributed by atoms with Crippen molar-refractivity contribution < 1.29 is 4.79 Å². The molecule has 3 aromatic rings. The number of fused-ring (bicyclic) bond motifs is 3. The maximum Gasteiger partial charge on any atom is 0.262 e. The van der Waals surface area contributed by atoms with Gasteiger partial charge in [-0.25, -0.2) is 4.98 Å². The van der Waals surface area contributed by atoms with Gasteiger partial charge in [0.15, 0.2) is 5.16 Å². The number of thioether (sulfide) groups is 1. The SMILES string of the molecule is Cc1sc(NC(=O)CSc2nc3sc4c(c3c(=O)n2C)CCC4)c(C#N)c1C. The average molecular weight is 431 g/mol. The van der Waals surface area contributed by atoms with Crippen molar-refractivity contribution in [1.29, 1.82) is 5.26 Å². The number of hydrogen-bond donors (Lipinski definition) is 1. The van der Waals surface area contributed by atoms with Crippen molar-refractivity contribution in [3.63, 3.8) is 0 Å². The van der Waals surface area contributed by atoms with E-state index in [9.17, 15) is 14.9 Å². The van der Waals surface area contributed by atoms with Gasteiger partial charge in [0.2, 0.25) is 5.91 Å². The van der Waals surface area contributed by atoms with Crippen molar-refractivity contribution in [1.82, 2.24) is 9.55 Å². The lowest BCUT2D eigenvalue weighted by Gasteiger charge is -2.08. The molecule has 1 N–H and O–H groups in total. The highest BCUT2D eigenvalue weighted by Gasteiger charge is 2.23. The molecule has 0 radical (unpaired) electrons. The lowest BCUT2D eigenvalue weighted by atomic mass is 10.2. The molecule has 0 atom stereocenters. The van der Waals surface area contributed by atoms with Crippen molar-refractivity contribution in [2.45, 2.75) is 38.3 Å². The highest BCUT2D eigenvalue weighted by atomic mass is 32.2. The predicted octanol–water partition coefficient (Wildman–Crippen LogP) is 3.76. The van der Waals surface area contributed by atoms with E-state index >= 15 is 0 Å². The highest BCUT2D eigenvalue weighted by Crippen LogP contribution is 2.35. The Hall–Kier alpha value is -2.15. The summed E-state index contributed by atoms with van der Waals surface area (Å²) in [5, 5.41) is 14.0. The van der Waals surface area contributed by atoms with E-state index in [2.05, 4.69) is 16.4 Å². The second-order valence-corrected chi connectivity index (χ2v) is 9.98. The molecule has 0 saturated carbocycles. The standard InChI is InChI=1S/C19H18N4O2S3/c1-9-10(2)27-16(12(9)7-20)21-14(24)8-26-19-22-17-15(18(25)23(19)3)11-5-4-6-13(11)28-17/h4-6,8H2,1-3H3,(H,21,24). The fourth-order valence-corrected chi connectivity index (χ4v) is 6.48. The number of aryl methyl sites for hydroxylation is 3. The van der Waals surface area contributed by atoms with Crippen LogP contribution in [-0.4, -0.2) is 21.2 Å². The maximum absolute atomic E-state index is 12.8. The Kier molecular flexibility index (Phi) is 5.04. The lowest BCUT2D eigenvalue weighted by Crippen LogP contribution is -2.21. The molecule has 4 rings (SSSR count). The van der Waals surface area contributed by atoms with Crippen molar-refractivity contribution in [3.8, 4) is 6.07 Å². The molecule has 0 spiro atoms. The van der Waals surface area contributed by atoms with E-state index in [1.165, 1.54) is 32.5 Å². The number of aromatic nitrogens is 2. The van der Waals surface area contributed by atoms with Gasteiger partial charge in [-0.1, -0.05) is 11.8 Å². The smallest absolute Gasteiger partial charge is 0.262 e. The van der Waals surface area contributed by atoms with Gasteiger partial charge in [0.05, 0.1) is 16.7 Å². The summed E-state index contributed by atoms with van der Waals surface area (Å²) >= 11 is 4.24. The molecule has 0 fully saturated rings. The fraction of sp³-hybridized carbons (Fsp3) is 0.368. The summed E-state index contributed by atoms with van der Waals surface area (Å²) in [5.41, 5.74) is 2.54. The summed E-state index contributed by atoms with van der Waals surface area (Å²) in [6, 6.07) is 2.15. The van der Waals surface area contributed by atoms with Crippen LogP contribution in [0.2, 0.25) is 0 Å². The topological polar surface area (TPSA) is 87.8 Å². The number of carbonyl (C=O) groups is 1. The molecule has 0 aliphatic heterocycles. The summed E-state index contributed by atoms with van der Waals surface area (Å²) in [6.45, 7) is 3.81. The minimum absolute atomic E-state index is 0.0384. The summed E-state index contributed by atoms with van der Waals surface area (Å²) in [6.07, 6.45) is 3.07. The van der Waals surface area contributed by atoms with E-state index in [4.69, 9.17) is 0 Å². The first-order valence-electron chi connectivity index (χ1n) is 8.84. The van der Waals surface area contributed by atoms with Gasteiger partial charge in [0, 0.05) is 16.8 Å². The normalized spacial score (nSPS) is 12.9. The van der Waals surface area contributed by atoms with E-state index in [-0.39, 0.29) is 17.2 Å². The second kappa shape index (κ2) is 7.35. The predicted molar refractivity (Wildman–Crippen MR) is 115 cm³/mol. The number of hydrogen-bond acceptors (Lipinski definition) is 7. The number of nitriles is 1. The number of amides is 1. The third-order valence-corrected chi connectivity index (χ3v) is 8.33. The zero-order chi connectivity index (χ0) is 20.0. The van der Waals surface area contributed by atoms with Crippen LogP contribution in [0.1, 0.15) is 32.9 Å².